The molecule has 4 heteroatoms. The van der Waals surface area contributed by atoms with Crippen LogP contribution in [0.3, 0.4) is 0 Å². The van der Waals surface area contributed by atoms with E-state index in [-0.39, 0.29) is 0 Å². The van der Waals surface area contributed by atoms with Crippen LogP contribution in [0.15, 0.2) is 48.7 Å². The van der Waals surface area contributed by atoms with Crippen molar-refractivity contribution >= 4 is 16.6 Å². The van der Waals surface area contributed by atoms with E-state index < -0.39 is 5.60 Å². The molecule has 3 aromatic rings. The van der Waals surface area contributed by atoms with E-state index in [0.717, 1.165) is 30.5 Å². The van der Waals surface area contributed by atoms with Crippen LogP contribution in [-0.4, -0.2) is 20.9 Å². The van der Waals surface area contributed by atoms with Gasteiger partial charge in [0.15, 0.2) is 0 Å². The third-order valence-electron chi connectivity index (χ3n) is 5.16. The van der Waals surface area contributed by atoms with Gasteiger partial charge in [0.2, 0.25) is 0 Å². The molecule has 0 aliphatic heterocycles. The zero-order chi connectivity index (χ0) is 19.3. The van der Waals surface area contributed by atoms with Crippen molar-refractivity contribution in [3.8, 4) is 11.3 Å². The predicted octanol–water partition coefficient (Wildman–Crippen LogP) is 5.37. The molecule has 4 nitrogen and oxygen atoms in total. The standard InChI is InChI=1S/C23H28N2O2/c1-3-20(26)11-5-4-8-14-23(2,27)22-24-16-21(25-22)19-13-12-17-9-6-7-10-18(17)15-19/h6-7,9-10,12-13,15-16,27H,3-5,8,11,14H2,1-2H3,(H,24,25)/t23-/m1/s1. The number of unbranched alkanes of at least 4 members (excludes halogenated alkanes) is 2. The fourth-order valence-electron chi connectivity index (χ4n) is 3.36. The van der Waals surface area contributed by atoms with Gasteiger partial charge >= 0.3 is 0 Å². The Bertz CT molecular complexity index is 911. The molecular formula is C23H28N2O2. The molecule has 0 spiro atoms. The van der Waals surface area contributed by atoms with E-state index >= 15 is 0 Å². The Labute approximate surface area is 160 Å². The molecule has 0 saturated heterocycles. The number of rotatable bonds is 9. The van der Waals surface area contributed by atoms with Crippen LogP contribution < -0.4 is 0 Å². The highest BCUT2D eigenvalue weighted by Crippen LogP contribution is 2.28. The summed E-state index contributed by atoms with van der Waals surface area (Å²) in [6, 6.07) is 14.5. The first-order valence-corrected chi connectivity index (χ1v) is 9.78. The minimum Gasteiger partial charge on any atom is -0.382 e. The highest BCUT2D eigenvalue weighted by molar-refractivity contribution is 5.86. The Morgan fingerprint density at radius 3 is 2.67 bits per heavy atom. The maximum Gasteiger partial charge on any atom is 0.138 e. The molecule has 0 saturated carbocycles. The number of imidazole rings is 1. The summed E-state index contributed by atoms with van der Waals surface area (Å²) in [5, 5.41) is 13.2. The van der Waals surface area contributed by atoms with Crippen LogP contribution in [0.4, 0.5) is 0 Å². The molecule has 0 unspecified atom stereocenters. The Morgan fingerprint density at radius 1 is 1.11 bits per heavy atom. The average molecular weight is 364 g/mol. The Balaban J connectivity index is 1.63. The Hall–Kier alpha value is -2.46. The van der Waals surface area contributed by atoms with Crippen LogP contribution in [0.1, 0.15) is 58.2 Å². The topological polar surface area (TPSA) is 66.0 Å². The van der Waals surface area contributed by atoms with E-state index in [1.165, 1.54) is 10.8 Å². The van der Waals surface area contributed by atoms with E-state index in [1.54, 1.807) is 13.1 Å². The molecule has 2 N–H and O–H groups in total. The third-order valence-corrected chi connectivity index (χ3v) is 5.16. The monoisotopic (exact) mass is 364 g/mol. The van der Waals surface area contributed by atoms with Crippen LogP contribution in [0.25, 0.3) is 22.0 Å². The minimum atomic E-state index is -0.996. The van der Waals surface area contributed by atoms with Crippen LogP contribution in [0, 0.1) is 0 Å². The second-order valence-electron chi connectivity index (χ2n) is 7.43. The number of carbonyl (C=O) groups excluding carboxylic acids is 1. The molecule has 0 fully saturated rings. The first kappa shape index (κ1) is 19.3. The van der Waals surface area contributed by atoms with Gasteiger partial charge in [0.1, 0.15) is 17.2 Å². The molecule has 142 valence electrons. The van der Waals surface area contributed by atoms with Gasteiger partial charge in [-0.15, -0.1) is 0 Å². The number of fused-ring (bicyclic) bond motifs is 1. The number of aromatic nitrogens is 2. The van der Waals surface area contributed by atoms with Crippen molar-refractivity contribution < 1.29 is 9.90 Å². The molecule has 0 aliphatic carbocycles. The minimum absolute atomic E-state index is 0.313. The lowest BCUT2D eigenvalue weighted by molar-refractivity contribution is -0.118. The van der Waals surface area contributed by atoms with E-state index in [2.05, 4.69) is 40.3 Å². The molecule has 1 heterocycles. The largest absolute Gasteiger partial charge is 0.382 e. The number of Topliss-reactive ketones (excluding diaryl/α,β-unsaturated/α-hetero) is 1. The molecule has 27 heavy (non-hydrogen) atoms. The fourth-order valence-corrected chi connectivity index (χ4v) is 3.36. The van der Waals surface area contributed by atoms with Gasteiger partial charge in [0, 0.05) is 18.4 Å². The second kappa shape index (κ2) is 8.49. The lowest BCUT2D eigenvalue weighted by Crippen LogP contribution is -2.22. The quantitative estimate of drug-likeness (QED) is 0.502. The second-order valence-corrected chi connectivity index (χ2v) is 7.43. The number of hydrogen-bond donors (Lipinski definition) is 2. The van der Waals surface area contributed by atoms with Crippen LogP contribution in [-0.2, 0) is 10.4 Å². The summed E-state index contributed by atoms with van der Waals surface area (Å²) in [5.41, 5.74) is 0.968. The maximum atomic E-state index is 11.3. The number of H-pyrrole nitrogens is 1. The number of benzene rings is 2. The number of carbonyl (C=O) groups is 1. The summed E-state index contributed by atoms with van der Waals surface area (Å²) >= 11 is 0. The van der Waals surface area contributed by atoms with E-state index in [4.69, 9.17) is 0 Å². The number of aromatic amines is 1. The van der Waals surface area contributed by atoms with Crippen molar-refractivity contribution in [2.24, 2.45) is 0 Å². The predicted molar refractivity (Wildman–Crippen MR) is 109 cm³/mol. The van der Waals surface area contributed by atoms with Crippen molar-refractivity contribution in [2.45, 2.75) is 58.0 Å². The van der Waals surface area contributed by atoms with Crippen molar-refractivity contribution in [1.29, 1.82) is 0 Å². The summed E-state index contributed by atoms with van der Waals surface area (Å²) in [6.07, 6.45) is 6.37. The van der Waals surface area contributed by atoms with Gasteiger partial charge in [-0.1, -0.05) is 56.2 Å². The SMILES string of the molecule is CCC(=O)CCCCC[C@@](C)(O)c1ncc(-c2ccc3ccccc3c2)[nH]1. The van der Waals surface area contributed by atoms with Crippen molar-refractivity contribution in [1.82, 2.24) is 9.97 Å². The van der Waals surface area contributed by atoms with Crippen LogP contribution in [0.5, 0.6) is 0 Å². The van der Waals surface area contributed by atoms with Crippen LogP contribution >= 0.6 is 0 Å². The van der Waals surface area contributed by atoms with Crippen molar-refractivity contribution in [3.05, 3.63) is 54.5 Å². The Morgan fingerprint density at radius 2 is 1.89 bits per heavy atom. The van der Waals surface area contributed by atoms with Crippen LogP contribution in [0.2, 0.25) is 0 Å². The molecule has 0 aliphatic rings. The van der Waals surface area contributed by atoms with E-state index in [9.17, 15) is 9.90 Å². The number of nitrogens with zero attached hydrogens (tertiary/aromatic N) is 1. The summed E-state index contributed by atoms with van der Waals surface area (Å²) in [4.78, 5) is 19.1. The first-order valence-electron chi connectivity index (χ1n) is 9.78. The lowest BCUT2D eigenvalue weighted by atomic mass is 9.97. The molecule has 1 aromatic heterocycles. The molecule has 3 rings (SSSR count). The first-order chi connectivity index (χ1) is 13.0. The summed E-state index contributed by atoms with van der Waals surface area (Å²) < 4.78 is 0. The Kier molecular flexibility index (Phi) is 6.07. The third kappa shape index (κ3) is 4.83. The molecule has 1 atom stereocenters. The van der Waals surface area contributed by atoms with Gasteiger partial charge in [-0.05, 0) is 36.6 Å². The maximum absolute atomic E-state index is 11.3. The van der Waals surface area contributed by atoms with Gasteiger partial charge in [-0.3, -0.25) is 4.79 Å². The highest BCUT2D eigenvalue weighted by atomic mass is 16.3. The van der Waals surface area contributed by atoms with Gasteiger partial charge in [0.05, 0.1) is 11.9 Å². The van der Waals surface area contributed by atoms with Gasteiger partial charge in [0.25, 0.3) is 0 Å². The summed E-state index contributed by atoms with van der Waals surface area (Å²) in [6.45, 7) is 3.70. The number of hydrogen-bond acceptors (Lipinski definition) is 3. The van der Waals surface area contributed by atoms with E-state index in [1.807, 2.05) is 19.1 Å². The van der Waals surface area contributed by atoms with Crippen molar-refractivity contribution in [3.63, 3.8) is 0 Å². The normalized spacial score (nSPS) is 13.6. The number of ketones is 1. The van der Waals surface area contributed by atoms with Gasteiger partial charge in [-0.2, -0.15) is 0 Å². The number of nitrogens with one attached hydrogen (secondary N) is 1. The highest BCUT2D eigenvalue weighted by Gasteiger charge is 2.26. The smallest absolute Gasteiger partial charge is 0.138 e. The molecule has 2 aromatic carbocycles. The number of aliphatic hydroxyl groups is 1. The van der Waals surface area contributed by atoms with Gasteiger partial charge in [-0.25, -0.2) is 4.98 Å². The molecular weight excluding hydrogens is 336 g/mol. The van der Waals surface area contributed by atoms with E-state index in [0.29, 0.717) is 30.9 Å². The summed E-state index contributed by atoms with van der Waals surface area (Å²) in [5.74, 6) is 0.906. The van der Waals surface area contributed by atoms with Gasteiger partial charge < -0.3 is 10.1 Å². The zero-order valence-electron chi connectivity index (χ0n) is 16.2. The molecule has 0 amide bonds. The zero-order valence-corrected chi connectivity index (χ0v) is 16.2. The molecule has 0 bridgehead atoms. The van der Waals surface area contributed by atoms with Crippen molar-refractivity contribution in [2.75, 3.05) is 0 Å². The molecule has 0 radical (unpaired) electrons. The summed E-state index contributed by atoms with van der Waals surface area (Å²) in [7, 11) is 0. The fraction of sp³-hybridized carbons (Fsp3) is 0.391. The average Bonchev–Trinajstić information content (AvgIpc) is 3.18. The lowest BCUT2D eigenvalue weighted by Gasteiger charge is -2.20.